The molecule has 1 N–H and O–H groups in total. The minimum absolute atomic E-state index is 0.0600. The lowest BCUT2D eigenvalue weighted by Gasteiger charge is -2.15. The van der Waals surface area contributed by atoms with E-state index in [4.69, 9.17) is 16.3 Å². The summed E-state index contributed by atoms with van der Waals surface area (Å²) in [5, 5.41) is 2.47. The number of nitrogens with zero attached hydrogens (tertiary/aromatic N) is 3. The minimum Gasteiger partial charge on any atom is -0.497 e. The molecule has 14 heteroatoms. The highest BCUT2D eigenvalue weighted by Gasteiger charge is 2.28. The number of anilines is 1. The van der Waals surface area contributed by atoms with Gasteiger partial charge in [-0.25, -0.2) is 13.5 Å². The summed E-state index contributed by atoms with van der Waals surface area (Å²) in [6, 6.07) is 10.5. The summed E-state index contributed by atoms with van der Waals surface area (Å²) in [5.41, 5.74) is -2.34. The molecule has 220 valence electrons. The maximum absolute atomic E-state index is 15.3. The number of amides is 2. The third-order valence-corrected chi connectivity index (χ3v) is 6.33. The van der Waals surface area contributed by atoms with Gasteiger partial charge in [0, 0.05) is 49.4 Å². The van der Waals surface area contributed by atoms with E-state index in [1.54, 1.807) is 0 Å². The van der Waals surface area contributed by atoms with Crippen LogP contribution in [0.3, 0.4) is 0 Å². The van der Waals surface area contributed by atoms with Crippen molar-refractivity contribution in [2.75, 3.05) is 26.5 Å². The molecule has 1 heterocycles. The lowest BCUT2D eigenvalue weighted by Crippen LogP contribution is -2.24. The molecule has 0 atom stereocenters. The second kappa shape index (κ2) is 12.0. The molecule has 0 unspecified atom stereocenters. The first kappa shape index (κ1) is 30.2. The highest BCUT2D eigenvalue weighted by Crippen LogP contribution is 2.34. The number of ether oxygens (including phenoxy) is 2. The Balaban J connectivity index is 1.92. The molecule has 2 amide bonds. The molecule has 0 aliphatic carbocycles. The summed E-state index contributed by atoms with van der Waals surface area (Å²) in [6.45, 7) is -3.08. The third-order valence-electron chi connectivity index (χ3n) is 6.12. The number of rotatable bonds is 8. The summed E-state index contributed by atoms with van der Waals surface area (Å²) in [6.07, 6.45) is 0. The number of benzene rings is 3. The summed E-state index contributed by atoms with van der Waals surface area (Å²) in [7, 11) is 5.57. The monoisotopic (exact) mass is 606 g/mol. The first-order chi connectivity index (χ1) is 19.8. The number of halogens is 5. The number of aromatic nitrogens is 2. The molecular formula is C28H23ClF4N4O5. The van der Waals surface area contributed by atoms with E-state index in [0.29, 0.717) is 0 Å². The molecule has 0 fully saturated rings. The van der Waals surface area contributed by atoms with E-state index in [9.17, 15) is 23.2 Å². The molecule has 4 aromatic rings. The molecule has 0 radical (unpaired) electrons. The van der Waals surface area contributed by atoms with Crippen molar-refractivity contribution in [3.05, 3.63) is 92.7 Å². The van der Waals surface area contributed by atoms with Crippen molar-refractivity contribution in [1.82, 2.24) is 14.3 Å². The van der Waals surface area contributed by atoms with E-state index in [1.807, 2.05) is 0 Å². The van der Waals surface area contributed by atoms with Crippen LogP contribution in [0.2, 0.25) is 5.02 Å². The maximum Gasteiger partial charge on any atom is 0.387 e. The second-order valence-corrected chi connectivity index (χ2v) is 9.52. The standard InChI is InChI=1S/C28H23ClF4N4O5/c1-35(2)26(39)15-9-16(29)11-17(10-15)37-27(40)23(34-25(38)14-5-7-18(8-6-14)42-28(32)33)24(36(37)3)22-20(30)12-19(41-4)13-21(22)31/h5-13,28H,1-4H3,(H,34,38). The van der Waals surface area contributed by atoms with Gasteiger partial charge in [0.25, 0.3) is 17.4 Å². The first-order valence-electron chi connectivity index (χ1n) is 12.1. The topological polar surface area (TPSA) is 94.8 Å². The zero-order valence-corrected chi connectivity index (χ0v) is 23.3. The Morgan fingerprint density at radius 3 is 2.12 bits per heavy atom. The van der Waals surface area contributed by atoms with Crippen LogP contribution in [0, 0.1) is 11.6 Å². The zero-order valence-electron chi connectivity index (χ0n) is 22.5. The first-order valence-corrected chi connectivity index (χ1v) is 12.4. The van der Waals surface area contributed by atoms with Gasteiger partial charge in [0.1, 0.15) is 34.5 Å². The molecule has 0 spiro atoms. The predicted octanol–water partition coefficient (Wildman–Crippen LogP) is 5.34. The number of hydrogen-bond donors (Lipinski definition) is 1. The molecule has 9 nitrogen and oxygen atoms in total. The van der Waals surface area contributed by atoms with Crippen molar-refractivity contribution in [2.45, 2.75) is 6.61 Å². The lowest BCUT2D eigenvalue weighted by atomic mass is 10.1. The van der Waals surface area contributed by atoms with E-state index in [1.165, 1.54) is 63.5 Å². The average Bonchev–Trinajstić information content (AvgIpc) is 3.16. The summed E-state index contributed by atoms with van der Waals surface area (Å²) < 4.78 is 66.9. The van der Waals surface area contributed by atoms with Gasteiger partial charge in [0.15, 0.2) is 0 Å². The van der Waals surface area contributed by atoms with Gasteiger partial charge in [-0.3, -0.25) is 19.1 Å². The Hall–Kier alpha value is -4.78. The number of carbonyl (C=O) groups excluding carboxylic acids is 2. The SMILES string of the molecule is COc1cc(F)c(-c2c(NC(=O)c3ccc(OC(F)F)cc3)c(=O)n(-c3cc(Cl)cc(C(=O)N(C)C)c3)n2C)c(F)c1. The molecule has 0 saturated heterocycles. The largest absolute Gasteiger partial charge is 0.497 e. The summed E-state index contributed by atoms with van der Waals surface area (Å²) in [4.78, 5) is 40.9. The van der Waals surface area contributed by atoms with Crippen molar-refractivity contribution in [3.63, 3.8) is 0 Å². The molecule has 4 rings (SSSR count). The van der Waals surface area contributed by atoms with Gasteiger partial charge in [-0.05, 0) is 42.5 Å². The van der Waals surface area contributed by atoms with Gasteiger partial charge < -0.3 is 19.7 Å². The Labute approximate surface area is 241 Å². The van der Waals surface area contributed by atoms with Gasteiger partial charge in [-0.1, -0.05) is 11.6 Å². The van der Waals surface area contributed by atoms with Crippen LogP contribution >= 0.6 is 11.6 Å². The number of hydrogen-bond acceptors (Lipinski definition) is 5. The van der Waals surface area contributed by atoms with Crippen molar-refractivity contribution in [3.8, 4) is 28.4 Å². The Kier molecular flexibility index (Phi) is 8.62. The zero-order chi connectivity index (χ0) is 30.9. The fourth-order valence-corrected chi connectivity index (χ4v) is 4.47. The smallest absolute Gasteiger partial charge is 0.387 e. The molecule has 42 heavy (non-hydrogen) atoms. The molecule has 0 aliphatic heterocycles. The van der Waals surface area contributed by atoms with E-state index in [2.05, 4.69) is 10.1 Å². The molecular weight excluding hydrogens is 584 g/mol. The van der Waals surface area contributed by atoms with Crippen molar-refractivity contribution in [1.29, 1.82) is 0 Å². The number of methoxy groups -OCH3 is 1. The lowest BCUT2D eigenvalue weighted by molar-refractivity contribution is -0.0498. The van der Waals surface area contributed by atoms with Crippen LogP contribution in [0.1, 0.15) is 20.7 Å². The van der Waals surface area contributed by atoms with Crippen molar-refractivity contribution in [2.24, 2.45) is 7.05 Å². The number of carbonyl (C=O) groups is 2. The van der Waals surface area contributed by atoms with Gasteiger partial charge in [0.05, 0.1) is 18.4 Å². The van der Waals surface area contributed by atoms with Crippen molar-refractivity contribution >= 4 is 29.1 Å². The normalized spacial score (nSPS) is 11.0. The third kappa shape index (κ3) is 5.96. The fourth-order valence-electron chi connectivity index (χ4n) is 4.24. The molecule has 0 aliphatic rings. The Bertz CT molecular complexity index is 1710. The molecule has 1 aromatic heterocycles. The highest BCUT2D eigenvalue weighted by molar-refractivity contribution is 6.31. The second-order valence-electron chi connectivity index (χ2n) is 9.08. The van der Waals surface area contributed by atoms with E-state index in [0.717, 1.165) is 33.6 Å². The number of alkyl halides is 2. The van der Waals surface area contributed by atoms with Crippen LogP contribution < -0.4 is 20.3 Å². The number of nitrogens with one attached hydrogen (secondary N) is 1. The summed E-state index contributed by atoms with van der Waals surface area (Å²) in [5.74, 6) is -3.86. The van der Waals surface area contributed by atoms with Crippen LogP contribution in [0.5, 0.6) is 11.5 Å². The van der Waals surface area contributed by atoms with Gasteiger partial charge in [-0.15, -0.1) is 0 Å². The van der Waals surface area contributed by atoms with Gasteiger partial charge in [-0.2, -0.15) is 8.78 Å². The fraction of sp³-hybridized carbons (Fsp3) is 0.179. The minimum atomic E-state index is -3.08. The maximum atomic E-state index is 15.3. The van der Waals surface area contributed by atoms with Crippen LogP contribution in [0.4, 0.5) is 23.2 Å². The van der Waals surface area contributed by atoms with Crippen LogP contribution in [0.25, 0.3) is 16.9 Å². The average molecular weight is 607 g/mol. The van der Waals surface area contributed by atoms with Crippen LogP contribution in [0.15, 0.2) is 59.4 Å². The molecule has 3 aromatic carbocycles. The van der Waals surface area contributed by atoms with Crippen LogP contribution in [-0.2, 0) is 7.05 Å². The van der Waals surface area contributed by atoms with E-state index in [-0.39, 0.29) is 39.0 Å². The Morgan fingerprint density at radius 1 is 0.952 bits per heavy atom. The Morgan fingerprint density at radius 2 is 1.57 bits per heavy atom. The van der Waals surface area contributed by atoms with E-state index >= 15 is 8.78 Å². The quantitative estimate of drug-likeness (QED) is 0.273. The van der Waals surface area contributed by atoms with E-state index < -0.39 is 46.9 Å². The highest BCUT2D eigenvalue weighted by atomic mass is 35.5. The summed E-state index contributed by atoms with van der Waals surface area (Å²) >= 11 is 6.25. The van der Waals surface area contributed by atoms with Crippen LogP contribution in [-0.4, -0.2) is 53.9 Å². The molecule has 0 bridgehead atoms. The predicted molar refractivity (Wildman–Crippen MR) is 147 cm³/mol. The van der Waals surface area contributed by atoms with Gasteiger partial charge in [0.2, 0.25) is 0 Å². The molecule has 0 saturated carbocycles. The van der Waals surface area contributed by atoms with Crippen molar-refractivity contribution < 1.29 is 36.6 Å². The van der Waals surface area contributed by atoms with Gasteiger partial charge >= 0.3 is 6.61 Å².